The minimum atomic E-state index is 0.137. The maximum atomic E-state index is 12.0. The van der Waals surface area contributed by atoms with E-state index in [2.05, 4.69) is 0 Å². The van der Waals surface area contributed by atoms with Crippen LogP contribution in [0.25, 0.3) is 0 Å². The minimum absolute atomic E-state index is 0.137. The molecule has 0 radical (unpaired) electrons. The molecule has 0 bridgehead atoms. The van der Waals surface area contributed by atoms with Crippen molar-refractivity contribution in [2.75, 3.05) is 19.6 Å². The van der Waals surface area contributed by atoms with E-state index in [-0.39, 0.29) is 5.91 Å². The van der Waals surface area contributed by atoms with Crippen molar-refractivity contribution >= 4 is 5.91 Å². The first-order valence-corrected chi connectivity index (χ1v) is 5.27. The maximum absolute atomic E-state index is 12.0. The molecule has 0 spiro atoms. The van der Waals surface area contributed by atoms with Gasteiger partial charge >= 0.3 is 0 Å². The van der Waals surface area contributed by atoms with Crippen LogP contribution in [0.1, 0.15) is 15.9 Å². The molecule has 1 aromatic rings. The zero-order chi connectivity index (χ0) is 10.8. The summed E-state index contributed by atoms with van der Waals surface area (Å²) in [5.41, 5.74) is 7.38. The molecule has 1 heterocycles. The first-order valence-electron chi connectivity index (χ1n) is 5.27. The lowest BCUT2D eigenvalue weighted by Gasteiger charge is -2.38. The first kappa shape index (κ1) is 10.2. The van der Waals surface area contributed by atoms with E-state index in [1.54, 1.807) is 0 Å². The predicted molar refractivity (Wildman–Crippen MR) is 59.6 cm³/mol. The van der Waals surface area contributed by atoms with Crippen LogP contribution in [0.15, 0.2) is 24.3 Å². The summed E-state index contributed by atoms with van der Waals surface area (Å²) in [5.74, 6) is 0.635. The zero-order valence-electron chi connectivity index (χ0n) is 8.94. The molecule has 3 nitrogen and oxygen atoms in total. The van der Waals surface area contributed by atoms with Crippen molar-refractivity contribution in [2.45, 2.75) is 6.92 Å². The summed E-state index contributed by atoms with van der Waals surface area (Å²) in [4.78, 5) is 13.9. The maximum Gasteiger partial charge on any atom is 0.254 e. The van der Waals surface area contributed by atoms with Gasteiger partial charge in [-0.15, -0.1) is 0 Å². The summed E-state index contributed by atoms with van der Waals surface area (Å²) in [6.07, 6.45) is 0. The smallest absolute Gasteiger partial charge is 0.254 e. The van der Waals surface area contributed by atoms with Gasteiger partial charge in [-0.25, -0.2) is 0 Å². The topological polar surface area (TPSA) is 46.3 Å². The number of amides is 1. The Morgan fingerprint density at radius 3 is 2.73 bits per heavy atom. The van der Waals surface area contributed by atoms with Crippen LogP contribution >= 0.6 is 0 Å². The summed E-state index contributed by atoms with van der Waals surface area (Å²) >= 11 is 0. The van der Waals surface area contributed by atoms with Gasteiger partial charge in [0.25, 0.3) is 5.91 Å². The average molecular weight is 204 g/mol. The van der Waals surface area contributed by atoms with Crippen molar-refractivity contribution in [3.8, 4) is 0 Å². The van der Waals surface area contributed by atoms with Gasteiger partial charge in [0.15, 0.2) is 0 Å². The molecule has 0 saturated carbocycles. The molecule has 2 rings (SSSR count). The highest BCUT2D eigenvalue weighted by atomic mass is 16.2. The standard InChI is InChI=1S/C12H16N2O/c1-9-4-2-3-5-11(9)12(15)14-7-10(6-13)8-14/h2-5,10H,6-8,13H2,1H3. The molecule has 1 fully saturated rings. The van der Waals surface area contributed by atoms with Gasteiger partial charge in [0.2, 0.25) is 0 Å². The van der Waals surface area contributed by atoms with Crippen molar-refractivity contribution in [3.63, 3.8) is 0 Å². The Kier molecular flexibility index (Phi) is 2.73. The summed E-state index contributed by atoms with van der Waals surface area (Å²) in [5, 5.41) is 0. The number of carbonyl (C=O) groups excluding carboxylic acids is 1. The Bertz CT molecular complexity index is 370. The van der Waals surface area contributed by atoms with Gasteiger partial charge in [0.1, 0.15) is 0 Å². The zero-order valence-corrected chi connectivity index (χ0v) is 8.94. The first-order chi connectivity index (χ1) is 7.22. The number of carbonyl (C=O) groups is 1. The van der Waals surface area contributed by atoms with Gasteiger partial charge in [0.05, 0.1) is 0 Å². The molecular weight excluding hydrogens is 188 g/mol. The molecule has 1 aliphatic heterocycles. The molecule has 2 N–H and O–H groups in total. The highest BCUT2D eigenvalue weighted by Gasteiger charge is 2.30. The monoisotopic (exact) mass is 204 g/mol. The second-order valence-electron chi connectivity index (χ2n) is 4.13. The van der Waals surface area contributed by atoms with Crippen LogP contribution in [-0.4, -0.2) is 30.4 Å². The Labute approximate surface area is 89.9 Å². The van der Waals surface area contributed by atoms with E-state index in [1.807, 2.05) is 36.1 Å². The number of rotatable bonds is 2. The third-order valence-corrected chi connectivity index (χ3v) is 2.95. The van der Waals surface area contributed by atoms with E-state index in [1.165, 1.54) is 0 Å². The predicted octanol–water partition coefficient (Wildman–Crippen LogP) is 1.03. The molecule has 1 aliphatic rings. The molecule has 15 heavy (non-hydrogen) atoms. The minimum Gasteiger partial charge on any atom is -0.338 e. The third kappa shape index (κ3) is 1.88. The second kappa shape index (κ2) is 4.03. The number of hydrogen-bond acceptors (Lipinski definition) is 2. The van der Waals surface area contributed by atoms with Gasteiger partial charge in [0, 0.05) is 24.6 Å². The third-order valence-electron chi connectivity index (χ3n) is 2.95. The number of hydrogen-bond donors (Lipinski definition) is 1. The van der Waals surface area contributed by atoms with Crippen LogP contribution in [0.2, 0.25) is 0 Å². The average Bonchev–Trinajstić information content (AvgIpc) is 2.16. The Morgan fingerprint density at radius 1 is 1.47 bits per heavy atom. The van der Waals surface area contributed by atoms with E-state index in [0.29, 0.717) is 12.5 Å². The SMILES string of the molecule is Cc1ccccc1C(=O)N1CC(CN)C1. The van der Waals surface area contributed by atoms with Crippen LogP contribution in [-0.2, 0) is 0 Å². The summed E-state index contributed by atoms with van der Waals surface area (Å²) in [7, 11) is 0. The fourth-order valence-electron chi connectivity index (χ4n) is 1.87. The lowest BCUT2D eigenvalue weighted by Crippen LogP contribution is -2.52. The molecule has 0 unspecified atom stereocenters. The molecule has 1 aromatic carbocycles. The van der Waals surface area contributed by atoms with Gasteiger partial charge in [-0.1, -0.05) is 18.2 Å². The molecular formula is C12H16N2O. The van der Waals surface area contributed by atoms with Crippen molar-refractivity contribution in [2.24, 2.45) is 11.7 Å². The van der Waals surface area contributed by atoms with E-state index >= 15 is 0 Å². The second-order valence-corrected chi connectivity index (χ2v) is 4.13. The highest BCUT2D eigenvalue weighted by molar-refractivity contribution is 5.96. The van der Waals surface area contributed by atoms with Gasteiger partial charge < -0.3 is 10.6 Å². The molecule has 1 saturated heterocycles. The molecule has 1 amide bonds. The quantitative estimate of drug-likeness (QED) is 0.782. The van der Waals surface area contributed by atoms with Crippen molar-refractivity contribution in [1.82, 2.24) is 4.90 Å². The lowest BCUT2D eigenvalue weighted by molar-refractivity contribution is 0.0514. The highest BCUT2D eigenvalue weighted by Crippen LogP contribution is 2.19. The van der Waals surface area contributed by atoms with Gasteiger partial charge in [-0.2, -0.15) is 0 Å². The van der Waals surface area contributed by atoms with E-state index < -0.39 is 0 Å². The normalized spacial score (nSPS) is 16.3. The van der Waals surface area contributed by atoms with Crippen molar-refractivity contribution in [1.29, 1.82) is 0 Å². The molecule has 0 aliphatic carbocycles. The molecule has 80 valence electrons. The molecule has 0 aromatic heterocycles. The molecule has 0 atom stereocenters. The number of likely N-dealkylation sites (tertiary alicyclic amines) is 1. The van der Waals surface area contributed by atoms with E-state index in [0.717, 1.165) is 24.2 Å². The number of aryl methyl sites for hydroxylation is 1. The van der Waals surface area contributed by atoms with E-state index in [4.69, 9.17) is 5.73 Å². The fraction of sp³-hybridized carbons (Fsp3) is 0.417. The Hall–Kier alpha value is -1.35. The lowest BCUT2D eigenvalue weighted by atomic mass is 9.98. The summed E-state index contributed by atoms with van der Waals surface area (Å²) in [6.45, 7) is 4.26. The van der Waals surface area contributed by atoms with Gasteiger partial charge in [-0.05, 0) is 25.1 Å². The van der Waals surface area contributed by atoms with Crippen molar-refractivity contribution < 1.29 is 4.79 Å². The van der Waals surface area contributed by atoms with E-state index in [9.17, 15) is 4.79 Å². The van der Waals surface area contributed by atoms with Crippen LogP contribution in [0.4, 0.5) is 0 Å². The fourth-order valence-corrected chi connectivity index (χ4v) is 1.87. The number of nitrogens with zero attached hydrogens (tertiary/aromatic N) is 1. The Morgan fingerprint density at radius 2 is 2.13 bits per heavy atom. The largest absolute Gasteiger partial charge is 0.338 e. The number of nitrogens with two attached hydrogens (primary N) is 1. The summed E-state index contributed by atoms with van der Waals surface area (Å²) < 4.78 is 0. The summed E-state index contributed by atoms with van der Waals surface area (Å²) in [6, 6.07) is 7.70. The van der Waals surface area contributed by atoms with Gasteiger partial charge in [-0.3, -0.25) is 4.79 Å². The van der Waals surface area contributed by atoms with Crippen LogP contribution in [0.3, 0.4) is 0 Å². The number of benzene rings is 1. The van der Waals surface area contributed by atoms with Crippen LogP contribution < -0.4 is 5.73 Å². The van der Waals surface area contributed by atoms with Crippen molar-refractivity contribution in [3.05, 3.63) is 35.4 Å². The van der Waals surface area contributed by atoms with Crippen LogP contribution in [0.5, 0.6) is 0 Å². The molecule has 3 heteroatoms. The Balaban J connectivity index is 2.07. The van der Waals surface area contributed by atoms with Crippen LogP contribution in [0, 0.1) is 12.8 Å².